The largest absolute Gasteiger partial charge is 0.487 e. The molecule has 0 saturated carbocycles. The number of carboxylic acid groups (broad SMARTS) is 1. The van der Waals surface area contributed by atoms with Gasteiger partial charge in [-0.15, -0.1) is 0 Å². The van der Waals surface area contributed by atoms with Gasteiger partial charge in [-0.25, -0.2) is 0 Å². The lowest BCUT2D eigenvalue weighted by Gasteiger charge is -2.44. The first-order valence-electron chi connectivity index (χ1n) is 6.00. The van der Waals surface area contributed by atoms with Crippen molar-refractivity contribution >= 4 is 5.97 Å². The number of carbonyl (C=O) groups is 1. The van der Waals surface area contributed by atoms with Crippen molar-refractivity contribution in [2.45, 2.75) is 38.4 Å². The first kappa shape index (κ1) is 12.9. The molecule has 18 heavy (non-hydrogen) atoms. The molecule has 4 heteroatoms. The quantitative estimate of drug-likeness (QED) is 0.844. The van der Waals surface area contributed by atoms with Crippen molar-refractivity contribution in [3.63, 3.8) is 0 Å². The van der Waals surface area contributed by atoms with Crippen LogP contribution in [0.5, 0.6) is 5.75 Å². The molecule has 4 nitrogen and oxygen atoms in total. The van der Waals surface area contributed by atoms with Gasteiger partial charge in [0.2, 0.25) is 0 Å². The molecule has 1 heterocycles. The fraction of sp³-hybridized carbons (Fsp3) is 0.500. The molecule has 0 fully saturated rings. The lowest BCUT2D eigenvalue weighted by Crippen LogP contribution is -2.49. The van der Waals surface area contributed by atoms with E-state index in [2.05, 4.69) is 0 Å². The zero-order chi connectivity index (χ0) is 13.6. The first-order valence-corrected chi connectivity index (χ1v) is 6.00. The van der Waals surface area contributed by atoms with Crippen LogP contribution in [-0.4, -0.2) is 21.8 Å². The Morgan fingerprint density at radius 1 is 1.39 bits per heavy atom. The van der Waals surface area contributed by atoms with Crippen LogP contribution in [0.4, 0.5) is 0 Å². The summed E-state index contributed by atoms with van der Waals surface area (Å²) in [4.78, 5) is 11.2. The Hall–Kier alpha value is -1.55. The van der Waals surface area contributed by atoms with Crippen molar-refractivity contribution in [3.8, 4) is 5.75 Å². The summed E-state index contributed by atoms with van der Waals surface area (Å²) in [5, 5.41) is 20.0. The molecule has 2 rings (SSSR count). The number of aliphatic carboxylic acids is 1. The van der Waals surface area contributed by atoms with Crippen LogP contribution in [0.1, 0.15) is 32.8 Å². The van der Waals surface area contributed by atoms with Crippen LogP contribution >= 0.6 is 0 Å². The highest BCUT2D eigenvalue weighted by Crippen LogP contribution is 2.47. The summed E-state index contributed by atoms with van der Waals surface area (Å²) in [5.41, 5.74) is -1.43. The molecule has 1 aliphatic heterocycles. The molecule has 2 atom stereocenters. The number of hydrogen-bond donors (Lipinski definition) is 2. The lowest BCUT2D eigenvalue weighted by atomic mass is 9.73. The molecule has 0 amide bonds. The Kier molecular flexibility index (Phi) is 2.86. The third-order valence-corrected chi connectivity index (χ3v) is 3.52. The van der Waals surface area contributed by atoms with Gasteiger partial charge in [0, 0.05) is 12.0 Å². The molecule has 1 aliphatic rings. The van der Waals surface area contributed by atoms with E-state index in [1.807, 2.05) is 19.9 Å². The van der Waals surface area contributed by atoms with Crippen molar-refractivity contribution in [3.05, 3.63) is 29.8 Å². The average molecular weight is 250 g/mol. The van der Waals surface area contributed by atoms with Gasteiger partial charge in [0.05, 0.1) is 5.92 Å². The van der Waals surface area contributed by atoms with Gasteiger partial charge in [-0.2, -0.15) is 0 Å². The maximum atomic E-state index is 11.2. The molecule has 0 radical (unpaired) electrons. The van der Waals surface area contributed by atoms with E-state index in [1.54, 1.807) is 18.2 Å². The predicted molar refractivity (Wildman–Crippen MR) is 66.5 cm³/mol. The Labute approximate surface area is 106 Å². The minimum atomic E-state index is -1.40. The maximum Gasteiger partial charge on any atom is 0.309 e. The number of aliphatic hydroxyl groups is 1. The highest BCUT2D eigenvalue weighted by Gasteiger charge is 2.49. The number of ether oxygens (including phenoxy) is 1. The van der Waals surface area contributed by atoms with Crippen molar-refractivity contribution in [2.24, 2.45) is 5.92 Å². The number of hydrogen-bond acceptors (Lipinski definition) is 3. The number of benzene rings is 1. The summed E-state index contributed by atoms with van der Waals surface area (Å²) in [7, 11) is 0. The second kappa shape index (κ2) is 3.99. The highest BCUT2D eigenvalue weighted by atomic mass is 16.5. The monoisotopic (exact) mass is 250 g/mol. The van der Waals surface area contributed by atoms with Gasteiger partial charge in [-0.3, -0.25) is 4.79 Å². The minimum absolute atomic E-state index is 0.254. The van der Waals surface area contributed by atoms with Crippen LogP contribution in [0.25, 0.3) is 0 Å². The van der Waals surface area contributed by atoms with Crippen molar-refractivity contribution < 1.29 is 19.7 Å². The van der Waals surface area contributed by atoms with Crippen LogP contribution in [-0.2, 0) is 10.4 Å². The Bertz CT molecular complexity index is 480. The van der Waals surface area contributed by atoms with E-state index >= 15 is 0 Å². The summed E-state index contributed by atoms with van der Waals surface area (Å²) in [5.74, 6) is -1.34. The zero-order valence-corrected chi connectivity index (χ0v) is 10.8. The average Bonchev–Trinajstić information content (AvgIpc) is 2.26. The van der Waals surface area contributed by atoms with Crippen molar-refractivity contribution in [1.29, 1.82) is 0 Å². The third-order valence-electron chi connectivity index (χ3n) is 3.52. The van der Waals surface area contributed by atoms with Gasteiger partial charge >= 0.3 is 5.97 Å². The predicted octanol–water partition coefficient (Wildman–Crippen LogP) is 2.16. The van der Waals surface area contributed by atoms with Gasteiger partial charge < -0.3 is 14.9 Å². The van der Waals surface area contributed by atoms with E-state index < -0.39 is 23.1 Å². The fourth-order valence-corrected chi connectivity index (χ4v) is 2.58. The normalized spacial score (nSPS) is 26.9. The van der Waals surface area contributed by atoms with Crippen LogP contribution in [0.3, 0.4) is 0 Å². The van der Waals surface area contributed by atoms with Crippen LogP contribution in [0.15, 0.2) is 24.3 Å². The van der Waals surface area contributed by atoms with E-state index in [0.717, 1.165) is 0 Å². The first-order chi connectivity index (χ1) is 8.26. The summed E-state index contributed by atoms with van der Waals surface area (Å²) in [6.07, 6.45) is 0.254. The number of rotatable bonds is 2. The standard InChI is InChI=1S/C14H18O4/c1-9(12(15)16)14(17)8-13(2,3)18-11-7-5-4-6-10(11)14/h4-7,9,17H,8H2,1-3H3,(H,15,16). The Balaban J connectivity index is 2.57. The molecule has 0 bridgehead atoms. The smallest absolute Gasteiger partial charge is 0.309 e. The van der Waals surface area contributed by atoms with E-state index in [-0.39, 0.29) is 6.42 Å². The molecule has 0 aromatic heterocycles. The third kappa shape index (κ3) is 1.97. The molecular weight excluding hydrogens is 232 g/mol. The molecule has 1 aromatic rings. The topological polar surface area (TPSA) is 66.8 Å². The molecule has 0 spiro atoms. The summed E-state index contributed by atoms with van der Waals surface area (Å²) in [6, 6.07) is 7.08. The fourth-order valence-electron chi connectivity index (χ4n) is 2.58. The summed E-state index contributed by atoms with van der Waals surface area (Å²) >= 11 is 0. The molecule has 0 saturated heterocycles. The van der Waals surface area contributed by atoms with Crippen molar-refractivity contribution in [2.75, 3.05) is 0 Å². The lowest BCUT2D eigenvalue weighted by molar-refractivity contribution is -0.159. The zero-order valence-electron chi connectivity index (χ0n) is 10.8. The van der Waals surface area contributed by atoms with Gasteiger partial charge in [-0.1, -0.05) is 18.2 Å². The molecule has 1 aromatic carbocycles. The Morgan fingerprint density at radius 2 is 2.00 bits per heavy atom. The second-order valence-corrected chi connectivity index (χ2v) is 5.52. The van der Waals surface area contributed by atoms with Gasteiger partial charge in [-0.05, 0) is 26.8 Å². The number of para-hydroxylation sites is 1. The molecule has 2 N–H and O–H groups in total. The summed E-state index contributed by atoms with van der Waals surface area (Å²) < 4.78 is 5.79. The molecule has 98 valence electrons. The van der Waals surface area contributed by atoms with Crippen LogP contribution in [0.2, 0.25) is 0 Å². The van der Waals surface area contributed by atoms with E-state index in [4.69, 9.17) is 4.74 Å². The Morgan fingerprint density at radius 3 is 2.61 bits per heavy atom. The maximum absolute atomic E-state index is 11.2. The van der Waals surface area contributed by atoms with E-state index in [1.165, 1.54) is 6.92 Å². The van der Waals surface area contributed by atoms with Crippen LogP contribution in [0, 0.1) is 5.92 Å². The van der Waals surface area contributed by atoms with E-state index in [9.17, 15) is 15.0 Å². The van der Waals surface area contributed by atoms with Crippen LogP contribution < -0.4 is 4.74 Å². The van der Waals surface area contributed by atoms with E-state index in [0.29, 0.717) is 11.3 Å². The molecule has 0 aliphatic carbocycles. The van der Waals surface area contributed by atoms with Gasteiger partial charge in [0.25, 0.3) is 0 Å². The SMILES string of the molecule is CC(C(=O)O)C1(O)CC(C)(C)Oc2ccccc21. The van der Waals surface area contributed by atoms with Gasteiger partial charge in [0.1, 0.15) is 17.0 Å². The number of carboxylic acids is 1. The molecule has 2 unspecified atom stereocenters. The minimum Gasteiger partial charge on any atom is -0.487 e. The number of fused-ring (bicyclic) bond motifs is 1. The summed E-state index contributed by atoms with van der Waals surface area (Å²) in [6.45, 7) is 5.23. The highest BCUT2D eigenvalue weighted by molar-refractivity contribution is 5.72. The van der Waals surface area contributed by atoms with Crippen molar-refractivity contribution in [1.82, 2.24) is 0 Å². The van der Waals surface area contributed by atoms with Gasteiger partial charge in [0.15, 0.2) is 0 Å². The second-order valence-electron chi connectivity index (χ2n) is 5.52. The molecular formula is C14H18O4.